The van der Waals surface area contributed by atoms with Crippen LogP contribution in [0.2, 0.25) is 0 Å². The average Bonchev–Trinajstić information content (AvgIpc) is 2.64. The van der Waals surface area contributed by atoms with E-state index in [1.165, 1.54) is 18.3 Å². The molecule has 0 aliphatic heterocycles. The molecule has 0 spiro atoms. The Bertz CT molecular complexity index is 910. The fourth-order valence-corrected chi connectivity index (χ4v) is 2.45. The van der Waals surface area contributed by atoms with Gasteiger partial charge in [0.1, 0.15) is 5.82 Å². The Balaban J connectivity index is 1.61. The number of nitrogens with one attached hydrogen (secondary N) is 2. The van der Waals surface area contributed by atoms with Gasteiger partial charge in [0.25, 0.3) is 0 Å². The monoisotopic (exact) mass is 371 g/mol. The molecular weight excluding hydrogens is 355 g/mol. The zero-order chi connectivity index (χ0) is 19.3. The van der Waals surface area contributed by atoms with E-state index in [9.17, 15) is 18.0 Å². The lowest BCUT2D eigenvalue weighted by molar-refractivity contribution is -0.137. The standard InChI is InChI=1S/C20H16F3N3O/c21-20(22,23)15-7-4-8-16(12-15)25-18-10-9-17(13-24-18)26-19(27)11-14-5-2-1-3-6-14/h1-10,12-13H,11H2,(H,24,25)(H,26,27). The fourth-order valence-electron chi connectivity index (χ4n) is 2.45. The van der Waals surface area contributed by atoms with Crippen molar-refractivity contribution in [3.8, 4) is 0 Å². The van der Waals surface area contributed by atoms with Crippen molar-refractivity contribution in [2.45, 2.75) is 12.6 Å². The van der Waals surface area contributed by atoms with Crippen molar-refractivity contribution in [3.63, 3.8) is 0 Å². The highest BCUT2D eigenvalue weighted by atomic mass is 19.4. The number of alkyl halides is 3. The molecule has 3 aromatic rings. The van der Waals surface area contributed by atoms with Crippen molar-refractivity contribution in [3.05, 3.63) is 84.1 Å². The molecule has 0 radical (unpaired) electrons. The molecule has 2 N–H and O–H groups in total. The second-order valence-electron chi connectivity index (χ2n) is 5.85. The lowest BCUT2D eigenvalue weighted by Crippen LogP contribution is -2.14. The number of aromatic nitrogens is 1. The molecule has 0 saturated heterocycles. The summed E-state index contributed by atoms with van der Waals surface area (Å²) in [4.78, 5) is 16.1. The van der Waals surface area contributed by atoms with Crippen LogP contribution in [0.5, 0.6) is 0 Å². The van der Waals surface area contributed by atoms with E-state index in [0.29, 0.717) is 11.5 Å². The van der Waals surface area contributed by atoms with E-state index in [4.69, 9.17) is 0 Å². The van der Waals surface area contributed by atoms with Crippen LogP contribution in [0.3, 0.4) is 0 Å². The molecule has 138 valence electrons. The summed E-state index contributed by atoms with van der Waals surface area (Å²) in [7, 11) is 0. The van der Waals surface area contributed by atoms with E-state index in [-0.39, 0.29) is 18.0 Å². The van der Waals surface area contributed by atoms with Crippen LogP contribution >= 0.6 is 0 Å². The second kappa shape index (κ2) is 7.90. The minimum atomic E-state index is -4.40. The van der Waals surface area contributed by atoms with Gasteiger partial charge in [-0.05, 0) is 35.9 Å². The third kappa shape index (κ3) is 5.31. The number of carbonyl (C=O) groups is 1. The predicted octanol–water partition coefficient (Wildman–Crippen LogP) is 5.03. The number of benzene rings is 2. The van der Waals surface area contributed by atoms with Gasteiger partial charge >= 0.3 is 6.18 Å². The molecule has 27 heavy (non-hydrogen) atoms. The van der Waals surface area contributed by atoms with Gasteiger partial charge in [-0.2, -0.15) is 13.2 Å². The molecule has 0 bridgehead atoms. The van der Waals surface area contributed by atoms with Crippen LogP contribution in [0.15, 0.2) is 72.9 Å². The maximum absolute atomic E-state index is 12.8. The SMILES string of the molecule is O=C(Cc1ccccc1)Nc1ccc(Nc2cccc(C(F)(F)F)c2)nc1. The average molecular weight is 371 g/mol. The Hall–Kier alpha value is -3.35. The van der Waals surface area contributed by atoms with Gasteiger partial charge in [-0.3, -0.25) is 4.79 Å². The largest absolute Gasteiger partial charge is 0.416 e. The molecule has 0 unspecified atom stereocenters. The summed E-state index contributed by atoms with van der Waals surface area (Å²) >= 11 is 0. The molecule has 4 nitrogen and oxygen atoms in total. The van der Waals surface area contributed by atoms with E-state index >= 15 is 0 Å². The first kappa shape index (κ1) is 18.4. The summed E-state index contributed by atoms with van der Waals surface area (Å²) in [6.45, 7) is 0. The lowest BCUT2D eigenvalue weighted by atomic mass is 10.1. The maximum atomic E-state index is 12.8. The zero-order valence-electron chi connectivity index (χ0n) is 14.1. The fraction of sp³-hybridized carbons (Fsp3) is 0.100. The van der Waals surface area contributed by atoms with E-state index in [1.54, 1.807) is 12.1 Å². The molecule has 7 heteroatoms. The van der Waals surface area contributed by atoms with Crippen molar-refractivity contribution in [1.82, 2.24) is 4.98 Å². The topological polar surface area (TPSA) is 54.0 Å². The Labute approximate surface area is 154 Å². The summed E-state index contributed by atoms with van der Waals surface area (Å²) in [5.41, 5.74) is 0.937. The highest BCUT2D eigenvalue weighted by Crippen LogP contribution is 2.31. The van der Waals surface area contributed by atoms with Gasteiger partial charge in [-0.1, -0.05) is 36.4 Å². The third-order valence-corrected chi connectivity index (χ3v) is 3.72. The van der Waals surface area contributed by atoms with Crippen molar-refractivity contribution in [2.75, 3.05) is 10.6 Å². The summed E-state index contributed by atoms with van der Waals surface area (Å²) in [6, 6.07) is 17.4. The van der Waals surface area contributed by atoms with Crippen LogP contribution < -0.4 is 10.6 Å². The minimum Gasteiger partial charge on any atom is -0.340 e. The number of rotatable bonds is 5. The number of carbonyl (C=O) groups excluding carboxylic acids is 1. The van der Waals surface area contributed by atoms with Crippen molar-refractivity contribution in [2.24, 2.45) is 0 Å². The first-order chi connectivity index (χ1) is 12.9. The predicted molar refractivity (Wildman–Crippen MR) is 97.7 cm³/mol. The molecule has 1 aromatic heterocycles. The van der Waals surface area contributed by atoms with Crippen molar-refractivity contribution in [1.29, 1.82) is 0 Å². The van der Waals surface area contributed by atoms with E-state index in [0.717, 1.165) is 17.7 Å². The number of nitrogens with zero attached hydrogens (tertiary/aromatic N) is 1. The molecule has 3 rings (SSSR count). The summed E-state index contributed by atoms with van der Waals surface area (Å²) < 4.78 is 38.3. The first-order valence-electron chi connectivity index (χ1n) is 8.14. The van der Waals surface area contributed by atoms with Crippen LogP contribution in [-0.2, 0) is 17.4 Å². The van der Waals surface area contributed by atoms with Gasteiger partial charge in [-0.25, -0.2) is 4.98 Å². The Morgan fingerprint density at radius 1 is 0.926 bits per heavy atom. The Kier molecular flexibility index (Phi) is 5.40. The Morgan fingerprint density at radius 3 is 2.37 bits per heavy atom. The minimum absolute atomic E-state index is 0.179. The highest BCUT2D eigenvalue weighted by molar-refractivity contribution is 5.92. The first-order valence-corrected chi connectivity index (χ1v) is 8.14. The van der Waals surface area contributed by atoms with Gasteiger partial charge in [0.15, 0.2) is 0 Å². The smallest absolute Gasteiger partial charge is 0.340 e. The molecule has 2 aromatic carbocycles. The normalized spacial score (nSPS) is 11.1. The second-order valence-corrected chi connectivity index (χ2v) is 5.85. The molecule has 0 atom stereocenters. The molecule has 1 heterocycles. The molecule has 1 amide bonds. The van der Waals surface area contributed by atoms with Crippen LogP contribution in [-0.4, -0.2) is 10.9 Å². The zero-order valence-corrected chi connectivity index (χ0v) is 14.1. The van der Waals surface area contributed by atoms with Crippen LogP contribution in [0.25, 0.3) is 0 Å². The van der Waals surface area contributed by atoms with E-state index in [1.807, 2.05) is 30.3 Å². The molecule has 0 saturated carbocycles. The summed E-state index contributed by atoms with van der Waals surface area (Å²) in [6.07, 6.45) is -2.72. The summed E-state index contributed by atoms with van der Waals surface area (Å²) in [5.74, 6) is 0.192. The van der Waals surface area contributed by atoms with Crippen LogP contribution in [0.4, 0.5) is 30.4 Å². The van der Waals surface area contributed by atoms with E-state index in [2.05, 4.69) is 15.6 Å². The van der Waals surface area contributed by atoms with Crippen molar-refractivity contribution < 1.29 is 18.0 Å². The van der Waals surface area contributed by atoms with Gasteiger partial charge in [-0.15, -0.1) is 0 Å². The Morgan fingerprint density at radius 2 is 1.70 bits per heavy atom. The molecular formula is C20H16F3N3O. The number of amides is 1. The number of hydrogen-bond donors (Lipinski definition) is 2. The lowest BCUT2D eigenvalue weighted by Gasteiger charge is -2.11. The molecule has 0 aliphatic carbocycles. The van der Waals surface area contributed by atoms with Gasteiger partial charge in [0.05, 0.1) is 23.9 Å². The van der Waals surface area contributed by atoms with Crippen LogP contribution in [0.1, 0.15) is 11.1 Å². The maximum Gasteiger partial charge on any atom is 0.416 e. The van der Waals surface area contributed by atoms with Crippen molar-refractivity contribution >= 4 is 23.1 Å². The molecule has 0 fully saturated rings. The molecule has 0 aliphatic rings. The van der Waals surface area contributed by atoms with Gasteiger partial charge in [0.2, 0.25) is 5.91 Å². The number of hydrogen-bond acceptors (Lipinski definition) is 3. The van der Waals surface area contributed by atoms with E-state index < -0.39 is 11.7 Å². The summed E-state index contributed by atoms with van der Waals surface area (Å²) in [5, 5.41) is 5.55. The number of anilines is 3. The van der Waals surface area contributed by atoms with Crippen LogP contribution in [0, 0.1) is 0 Å². The van der Waals surface area contributed by atoms with Gasteiger partial charge in [0, 0.05) is 5.69 Å². The number of pyridine rings is 1. The third-order valence-electron chi connectivity index (χ3n) is 3.72. The highest BCUT2D eigenvalue weighted by Gasteiger charge is 2.30. The quantitative estimate of drug-likeness (QED) is 0.662. The van der Waals surface area contributed by atoms with Gasteiger partial charge < -0.3 is 10.6 Å². The number of halogens is 3.